The van der Waals surface area contributed by atoms with Crippen molar-refractivity contribution in [2.24, 2.45) is 0 Å². The fourth-order valence-corrected chi connectivity index (χ4v) is 1.85. The molecule has 110 valence electrons. The summed E-state index contributed by atoms with van der Waals surface area (Å²) in [7, 11) is 0. The van der Waals surface area contributed by atoms with E-state index in [-0.39, 0.29) is 11.3 Å². The summed E-state index contributed by atoms with van der Waals surface area (Å²) in [5.41, 5.74) is 0.165. The van der Waals surface area contributed by atoms with Gasteiger partial charge < -0.3 is 5.32 Å². The lowest BCUT2D eigenvalue weighted by molar-refractivity contribution is 0.102. The van der Waals surface area contributed by atoms with Crippen LogP contribution in [0.2, 0.25) is 0 Å². The van der Waals surface area contributed by atoms with E-state index >= 15 is 0 Å². The van der Waals surface area contributed by atoms with Crippen LogP contribution in [0.1, 0.15) is 10.4 Å². The van der Waals surface area contributed by atoms with E-state index in [1.165, 1.54) is 6.20 Å². The summed E-state index contributed by atoms with van der Waals surface area (Å²) in [5.74, 6) is -1.48. The Labute approximate surface area is 124 Å². The van der Waals surface area contributed by atoms with Crippen molar-refractivity contribution < 1.29 is 13.6 Å². The number of nitrogens with zero attached hydrogens (tertiary/aromatic N) is 3. The van der Waals surface area contributed by atoms with Gasteiger partial charge in [-0.2, -0.15) is 0 Å². The third-order valence-electron chi connectivity index (χ3n) is 2.96. The lowest BCUT2D eigenvalue weighted by Gasteiger charge is -2.07. The second-order valence-corrected chi connectivity index (χ2v) is 4.45. The molecule has 0 bridgehead atoms. The van der Waals surface area contributed by atoms with Gasteiger partial charge in [0.1, 0.15) is 23.8 Å². The van der Waals surface area contributed by atoms with E-state index in [9.17, 15) is 13.6 Å². The van der Waals surface area contributed by atoms with Gasteiger partial charge in [-0.3, -0.25) is 9.36 Å². The number of imidazole rings is 1. The van der Waals surface area contributed by atoms with Gasteiger partial charge in [0.05, 0.1) is 11.3 Å². The molecule has 0 saturated heterocycles. The zero-order chi connectivity index (χ0) is 15.5. The van der Waals surface area contributed by atoms with Crippen molar-refractivity contribution >= 4 is 11.6 Å². The van der Waals surface area contributed by atoms with Crippen LogP contribution in [0.3, 0.4) is 0 Å². The first-order valence-electron chi connectivity index (χ1n) is 6.34. The predicted octanol–water partition coefficient (Wildman–Crippen LogP) is 2.80. The number of benzene rings is 1. The molecule has 1 N–H and O–H groups in total. The standard InChI is InChI=1S/C15H10F2N4O/c16-11-2-3-13(12(17)7-11)20-15(22)10-1-4-14(19-8-10)21-6-5-18-9-21/h1-9H,(H,20,22). The molecule has 0 aliphatic carbocycles. The minimum atomic E-state index is -0.837. The molecule has 5 nitrogen and oxygen atoms in total. The van der Waals surface area contributed by atoms with E-state index < -0.39 is 17.5 Å². The van der Waals surface area contributed by atoms with Gasteiger partial charge in [0.25, 0.3) is 5.91 Å². The molecule has 0 spiro atoms. The Bertz CT molecular complexity index is 801. The minimum absolute atomic E-state index is 0.0925. The Hall–Kier alpha value is -3.09. The molecular formula is C15H10F2N4O. The van der Waals surface area contributed by atoms with Crippen LogP contribution in [-0.4, -0.2) is 20.4 Å². The predicted molar refractivity (Wildman–Crippen MR) is 75.7 cm³/mol. The normalized spacial score (nSPS) is 10.5. The van der Waals surface area contributed by atoms with E-state index in [0.717, 1.165) is 12.1 Å². The minimum Gasteiger partial charge on any atom is -0.319 e. The Morgan fingerprint density at radius 3 is 2.68 bits per heavy atom. The van der Waals surface area contributed by atoms with Gasteiger partial charge in [-0.05, 0) is 24.3 Å². The topological polar surface area (TPSA) is 59.8 Å². The van der Waals surface area contributed by atoms with E-state index in [1.54, 1.807) is 35.4 Å². The Balaban J connectivity index is 1.77. The van der Waals surface area contributed by atoms with E-state index in [2.05, 4.69) is 15.3 Å². The van der Waals surface area contributed by atoms with Crippen LogP contribution in [0.25, 0.3) is 5.82 Å². The second kappa shape index (κ2) is 5.72. The zero-order valence-corrected chi connectivity index (χ0v) is 11.2. The van der Waals surface area contributed by atoms with E-state index in [0.29, 0.717) is 11.9 Å². The first-order chi connectivity index (χ1) is 10.6. The van der Waals surface area contributed by atoms with Crippen LogP contribution >= 0.6 is 0 Å². The molecule has 0 fully saturated rings. The fraction of sp³-hybridized carbons (Fsp3) is 0. The molecule has 22 heavy (non-hydrogen) atoms. The van der Waals surface area contributed by atoms with E-state index in [1.807, 2.05) is 0 Å². The van der Waals surface area contributed by atoms with Gasteiger partial charge in [-0.25, -0.2) is 18.7 Å². The largest absolute Gasteiger partial charge is 0.319 e. The molecular weight excluding hydrogens is 290 g/mol. The molecule has 7 heteroatoms. The SMILES string of the molecule is O=C(Nc1ccc(F)cc1F)c1ccc(-n2ccnc2)nc1. The molecule has 0 aliphatic heterocycles. The lowest BCUT2D eigenvalue weighted by atomic mass is 10.2. The molecule has 1 aromatic carbocycles. The molecule has 0 unspecified atom stereocenters. The first-order valence-corrected chi connectivity index (χ1v) is 6.34. The molecule has 0 saturated carbocycles. The van der Waals surface area contributed by atoms with Crippen LogP contribution < -0.4 is 5.32 Å². The molecule has 2 aromatic heterocycles. The van der Waals surface area contributed by atoms with Gasteiger partial charge in [-0.1, -0.05) is 0 Å². The van der Waals surface area contributed by atoms with Crippen LogP contribution in [0.4, 0.5) is 14.5 Å². The quantitative estimate of drug-likeness (QED) is 0.809. The molecule has 0 atom stereocenters. The molecule has 0 aliphatic rings. The smallest absolute Gasteiger partial charge is 0.257 e. The summed E-state index contributed by atoms with van der Waals surface area (Å²) < 4.78 is 28.0. The number of amides is 1. The van der Waals surface area contributed by atoms with Crippen molar-refractivity contribution in [3.05, 3.63) is 72.4 Å². The summed E-state index contributed by atoms with van der Waals surface area (Å²) in [6.45, 7) is 0. The lowest BCUT2D eigenvalue weighted by Crippen LogP contribution is -2.13. The summed E-state index contributed by atoms with van der Waals surface area (Å²) in [5, 5.41) is 2.37. The van der Waals surface area contributed by atoms with Crippen molar-refractivity contribution in [2.45, 2.75) is 0 Å². The molecule has 2 heterocycles. The van der Waals surface area contributed by atoms with Gasteiger partial charge in [0.15, 0.2) is 0 Å². The molecule has 3 aromatic rings. The van der Waals surface area contributed by atoms with Crippen molar-refractivity contribution in [3.8, 4) is 5.82 Å². The Morgan fingerprint density at radius 2 is 2.05 bits per heavy atom. The summed E-state index contributed by atoms with van der Waals surface area (Å²) in [4.78, 5) is 20.0. The number of carbonyl (C=O) groups is 1. The van der Waals surface area contributed by atoms with Crippen LogP contribution in [-0.2, 0) is 0 Å². The van der Waals surface area contributed by atoms with Crippen LogP contribution in [0.15, 0.2) is 55.2 Å². The summed E-state index contributed by atoms with van der Waals surface area (Å²) >= 11 is 0. The Kier molecular flexibility index (Phi) is 3.61. The summed E-state index contributed by atoms with van der Waals surface area (Å²) in [6.07, 6.45) is 6.28. The number of halogens is 2. The van der Waals surface area contributed by atoms with Gasteiger partial charge in [-0.15, -0.1) is 0 Å². The van der Waals surface area contributed by atoms with E-state index in [4.69, 9.17) is 0 Å². The van der Waals surface area contributed by atoms with Crippen molar-refractivity contribution in [1.82, 2.24) is 14.5 Å². The number of carbonyl (C=O) groups excluding carboxylic acids is 1. The van der Waals surface area contributed by atoms with Crippen molar-refractivity contribution in [2.75, 3.05) is 5.32 Å². The highest BCUT2D eigenvalue weighted by molar-refractivity contribution is 6.04. The maximum atomic E-state index is 13.5. The van der Waals surface area contributed by atoms with Crippen LogP contribution in [0, 0.1) is 11.6 Å². The number of aromatic nitrogens is 3. The van der Waals surface area contributed by atoms with Gasteiger partial charge in [0, 0.05) is 24.7 Å². The second-order valence-electron chi connectivity index (χ2n) is 4.45. The highest BCUT2D eigenvalue weighted by Gasteiger charge is 2.10. The molecule has 3 rings (SSSR count). The maximum Gasteiger partial charge on any atom is 0.257 e. The average molecular weight is 300 g/mol. The average Bonchev–Trinajstić information content (AvgIpc) is 3.04. The highest BCUT2D eigenvalue weighted by atomic mass is 19.1. The monoisotopic (exact) mass is 300 g/mol. The fourth-order valence-electron chi connectivity index (χ4n) is 1.85. The van der Waals surface area contributed by atoms with Gasteiger partial charge in [0.2, 0.25) is 0 Å². The van der Waals surface area contributed by atoms with Crippen molar-refractivity contribution in [3.63, 3.8) is 0 Å². The number of hydrogen-bond acceptors (Lipinski definition) is 3. The third kappa shape index (κ3) is 2.83. The van der Waals surface area contributed by atoms with Crippen LogP contribution in [0.5, 0.6) is 0 Å². The number of nitrogens with one attached hydrogen (secondary N) is 1. The number of hydrogen-bond donors (Lipinski definition) is 1. The van der Waals surface area contributed by atoms with Gasteiger partial charge >= 0.3 is 0 Å². The first kappa shape index (κ1) is 13.9. The number of pyridine rings is 1. The number of rotatable bonds is 3. The highest BCUT2D eigenvalue weighted by Crippen LogP contribution is 2.16. The number of anilines is 1. The molecule has 0 radical (unpaired) electrons. The maximum absolute atomic E-state index is 13.5. The van der Waals surface area contributed by atoms with Crippen molar-refractivity contribution in [1.29, 1.82) is 0 Å². The molecule has 1 amide bonds. The summed E-state index contributed by atoms with van der Waals surface area (Å²) in [6, 6.07) is 6.13. The third-order valence-corrected chi connectivity index (χ3v) is 2.96. The zero-order valence-electron chi connectivity index (χ0n) is 11.2. The Morgan fingerprint density at radius 1 is 1.18 bits per heavy atom.